The Morgan fingerprint density at radius 1 is 1.00 bits per heavy atom. The number of nitrogens with one attached hydrogen (secondary N) is 1. The van der Waals surface area contributed by atoms with Gasteiger partial charge in [-0.15, -0.1) is 0 Å². The molecule has 2 amide bonds. The number of carbonyl (C=O) groups is 2. The number of carbonyl (C=O) groups excluding carboxylic acids is 2. The van der Waals surface area contributed by atoms with Gasteiger partial charge in [-0.1, -0.05) is 49.7 Å². The minimum Gasteiger partial charge on any atom is -0.352 e. The fraction of sp³-hybridized carbons (Fsp3) is 0.355. The van der Waals surface area contributed by atoms with Crippen LogP contribution in [-0.2, 0) is 17.3 Å². The molecule has 3 aromatic rings. The van der Waals surface area contributed by atoms with Gasteiger partial charge >= 0.3 is 0 Å². The molecule has 1 N–H and O–H groups in total. The number of amides is 2. The molecule has 0 aliphatic carbocycles. The number of nitrogens with zero attached hydrogens (tertiary/aromatic N) is 2. The summed E-state index contributed by atoms with van der Waals surface area (Å²) in [6, 6.07) is 19.4. The largest absolute Gasteiger partial charge is 0.352 e. The van der Waals surface area contributed by atoms with E-state index in [9.17, 15) is 13.8 Å². The molecular formula is C31H34ClN3O3S. The Morgan fingerprint density at radius 2 is 1.77 bits per heavy atom. The van der Waals surface area contributed by atoms with Gasteiger partial charge in [0.1, 0.15) is 0 Å². The quantitative estimate of drug-likeness (QED) is 0.371. The van der Waals surface area contributed by atoms with Crippen molar-refractivity contribution in [3.63, 3.8) is 0 Å². The second-order valence-corrected chi connectivity index (χ2v) is 12.6. The zero-order valence-electron chi connectivity index (χ0n) is 22.4. The van der Waals surface area contributed by atoms with Crippen molar-refractivity contribution in [2.24, 2.45) is 11.8 Å². The molecule has 204 valence electrons. The summed E-state index contributed by atoms with van der Waals surface area (Å²) < 4.78 is 13.6. The first kappa shape index (κ1) is 27.6. The smallest absolute Gasteiger partial charge is 0.259 e. The summed E-state index contributed by atoms with van der Waals surface area (Å²) in [7, 11) is -1.57. The molecule has 5 rings (SSSR count). The number of hydrogen-bond donors (Lipinski definition) is 1. The topological polar surface area (TPSA) is 69.7 Å². The second-order valence-electron chi connectivity index (χ2n) is 10.8. The van der Waals surface area contributed by atoms with Crippen LogP contribution in [0.15, 0.2) is 76.5 Å². The lowest BCUT2D eigenvalue weighted by molar-refractivity contribution is 0.0944. The number of fused-ring (bicyclic) bond motifs is 2. The molecule has 0 bridgehead atoms. The number of piperidine rings is 1. The van der Waals surface area contributed by atoms with Crippen LogP contribution in [0.4, 0.5) is 5.69 Å². The van der Waals surface area contributed by atoms with E-state index in [-0.39, 0.29) is 18.4 Å². The van der Waals surface area contributed by atoms with Crippen molar-refractivity contribution >= 4 is 39.9 Å². The lowest BCUT2D eigenvalue weighted by atomic mass is 9.92. The maximum atomic E-state index is 13.8. The Hall–Kier alpha value is -3.00. The van der Waals surface area contributed by atoms with E-state index in [0.29, 0.717) is 50.0 Å². The number of anilines is 1. The van der Waals surface area contributed by atoms with E-state index in [2.05, 4.69) is 24.1 Å². The fourth-order valence-electron chi connectivity index (χ4n) is 5.76. The third-order valence-electron chi connectivity index (χ3n) is 7.38. The van der Waals surface area contributed by atoms with Gasteiger partial charge in [0, 0.05) is 30.2 Å². The summed E-state index contributed by atoms with van der Waals surface area (Å²) >= 11 is 6.22. The molecule has 0 aromatic heterocycles. The number of benzene rings is 3. The molecule has 3 unspecified atom stereocenters. The van der Waals surface area contributed by atoms with Crippen LogP contribution in [0.2, 0.25) is 5.02 Å². The van der Waals surface area contributed by atoms with Gasteiger partial charge < -0.3 is 15.1 Å². The molecule has 1 saturated heterocycles. The first-order chi connectivity index (χ1) is 18.8. The molecule has 3 aromatic carbocycles. The molecule has 0 saturated carbocycles. The van der Waals surface area contributed by atoms with Crippen molar-refractivity contribution in [3.8, 4) is 0 Å². The van der Waals surface area contributed by atoms with E-state index in [1.54, 1.807) is 53.4 Å². The van der Waals surface area contributed by atoms with Crippen LogP contribution in [0.1, 0.15) is 53.0 Å². The number of likely N-dealkylation sites (tertiary alicyclic amines) is 1. The van der Waals surface area contributed by atoms with Crippen LogP contribution >= 0.6 is 11.6 Å². The number of hydrogen-bond acceptors (Lipinski definition) is 4. The molecular weight excluding hydrogens is 530 g/mol. The van der Waals surface area contributed by atoms with Crippen molar-refractivity contribution in [1.82, 2.24) is 10.2 Å². The van der Waals surface area contributed by atoms with Crippen LogP contribution in [0.3, 0.4) is 0 Å². The van der Waals surface area contributed by atoms with Crippen LogP contribution < -0.4 is 10.2 Å². The molecule has 1 fully saturated rings. The maximum absolute atomic E-state index is 13.8. The molecule has 0 spiro atoms. The standard InChI is InChI=1S/C31H34ClN3O3S/c1-21-15-22(2)19-34(18-21)14-6-13-33-30(36)24-11-12-29-27(17-24)35(20-23-7-5-8-25(32)16-23)31(37)26-9-3-4-10-28(26)39(29)38/h3-5,7-12,16-17,21-22H,6,13-15,18-20H2,1-2H3,(H,33,36). The number of halogens is 1. The molecule has 2 heterocycles. The van der Waals surface area contributed by atoms with Gasteiger partial charge in [0.25, 0.3) is 11.8 Å². The van der Waals surface area contributed by atoms with Crippen molar-refractivity contribution < 1.29 is 13.8 Å². The molecule has 8 heteroatoms. The Bertz CT molecular complexity index is 1400. The Morgan fingerprint density at radius 3 is 2.54 bits per heavy atom. The summed E-state index contributed by atoms with van der Waals surface area (Å²) in [6.07, 6.45) is 2.15. The Balaban J connectivity index is 1.37. The van der Waals surface area contributed by atoms with E-state index in [1.165, 1.54) is 6.42 Å². The van der Waals surface area contributed by atoms with Crippen LogP contribution in [-0.4, -0.2) is 47.1 Å². The van der Waals surface area contributed by atoms with Crippen LogP contribution in [0, 0.1) is 11.8 Å². The highest BCUT2D eigenvalue weighted by molar-refractivity contribution is 7.85. The lowest BCUT2D eigenvalue weighted by Gasteiger charge is -2.34. The molecule has 2 aliphatic rings. The van der Waals surface area contributed by atoms with E-state index < -0.39 is 10.8 Å². The SMILES string of the molecule is CC1CC(C)CN(CCCNC(=O)c2ccc3c(c2)N(Cc2cccc(Cl)c2)C(=O)c2ccccc2S3=O)C1. The fourth-order valence-corrected chi connectivity index (χ4v) is 7.32. The van der Waals surface area contributed by atoms with Crippen molar-refractivity contribution in [2.45, 2.75) is 43.0 Å². The van der Waals surface area contributed by atoms with Gasteiger partial charge in [0.05, 0.1) is 38.4 Å². The number of rotatable bonds is 7. The first-order valence-electron chi connectivity index (χ1n) is 13.5. The zero-order valence-corrected chi connectivity index (χ0v) is 23.9. The Kier molecular flexibility index (Phi) is 8.50. The van der Waals surface area contributed by atoms with Crippen molar-refractivity contribution in [2.75, 3.05) is 31.1 Å². The van der Waals surface area contributed by atoms with Crippen molar-refractivity contribution in [1.29, 1.82) is 0 Å². The van der Waals surface area contributed by atoms with Gasteiger partial charge in [-0.3, -0.25) is 9.59 Å². The molecule has 6 nitrogen and oxygen atoms in total. The van der Waals surface area contributed by atoms with Gasteiger partial charge in [0.2, 0.25) is 0 Å². The maximum Gasteiger partial charge on any atom is 0.259 e. The highest BCUT2D eigenvalue weighted by Gasteiger charge is 2.31. The van der Waals surface area contributed by atoms with E-state index >= 15 is 0 Å². The molecule has 39 heavy (non-hydrogen) atoms. The molecule has 3 atom stereocenters. The average Bonchev–Trinajstić information content (AvgIpc) is 3.00. The second kappa shape index (κ2) is 12.0. The van der Waals surface area contributed by atoms with Gasteiger partial charge in [-0.05, 0) is 79.3 Å². The van der Waals surface area contributed by atoms with Gasteiger partial charge in [-0.25, -0.2) is 4.21 Å². The molecule has 0 radical (unpaired) electrons. The summed E-state index contributed by atoms with van der Waals surface area (Å²) in [5, 5.41) is 3.60. The lowest BCUT2D eigenvalue weighted by Crippen LogP contribution is -2.40. The Labute approximate surface area is 237 Å². The predicted molar refractivity (Wildman–Crippen MR) is 156 cm³/mol. The summed E-state index contributed by atoms with van der Waals surface area (Å²) in [4.78, 5) is 32.0. The highest BCUT2D eigenvalue weighted by atomic mass is 35.5. The summed E-state index contributed by atoms with van der Waals surface area (Å²) in [6.45, 7) is 8.58. The summed E-state index contributed by atoms with van der Waals surface area (Å²) in [5.74, 6) is 0.940. The third-order valence-corrected chi connectivity index (χ3v) is 9.12. The summed E-state index contributed by atoms with van der Waals surface area (Å²) in [5.41, 5.74) is 2.13. The van der Waals surface area contributed by atoms with Gasteiger partial charge in [-0.2, -0.15) is 0 Å². The van der Waals surface area contributed by atoms with E-state index in [4.69, 9.17) is 11.6 Å². The normalized spacial score (nSPS) is 21.2. The van der Waals surface area contributed by atoms with Crippen molar-refractivity contribution in [3.05, 3.63) is 88.4 Å². The minimum absolute atomic E-state index is 0.208. The monoisotopic (exact) mass is 563 g/mol. The van der Waals surface area contributed by atoms with Crippen LogP contribution in [0.25, 0.3) is 0 Å². The van der Waals surface area contributed by atoms with E-state index in [0.717, 1.165) is 31.6 Å². The molecule has 2 aliphatic heterocycles. The van der Waals surface area contributed by atoms with Gasteiger partial charge in [0.15, 0.2) is 0 Å². The first-order valence-corrected chi connectivity index (χ1v) is 15.0. The zero-order chi connectivity index (χ0) is 27.5. The van der Waals surface area contributed by atoms with E-state index in [1.807, 2.05) is 18.2 Å². The third kappa shape index (κ3) is 6.26. The highest BCUT2D eigenvalue weighted by Crippen LogP contribution is 2.36. The predicted octanol–water partition coefficient (Wildman–Crippen LogP) is 5.76. The van der Waals surface area contributed by atoms with Crippen LogP contribution in [0.5, 0.6) is 0 Å². The average molecular weight is 564 g/mol. The minimum atomic E-state index is -1.57.